The normalized spacial score (nSPS) is 16.5. The van der Waals surface area contributed by atoms with Gasteiger partial charge in [-0.1, -0.05) is 71.1 Å². The van der Waals surface area contributed by atoms with E-state index in [1.165, 1.54) is 64.2 Å². The zero-order valence-electron chi connectivity index (χ0n) is 20.0. The van der Waals surface area contributed by atoms with Crippen LogP contribution < -0.4 is 0 Å². The van der Waals surface area contributed by atoms with Crippen molar-refractivity contribution in [1.82, 2.24) is 4.90 Å². The van der Waals surface area contributed by atoms with Gasteiger partial charge in [0.1, 0.15) is 12.4 Å². The molecule has 0 spiro atoms. The fourth-order valence-corrected chi connectivity index (χ4v) is 4.40. The van der Waals surface area contributed by atoms with E-state index in [-0.39, 0.29) is 18.0 Å². The monoisotopic (exact) mass is 423 g/mol. The number of likely N-dealkylation sites (tertiary alicyclic amines) is 1. The smallest absolute Gasteiger partial charge is 0.309 e. The van der Waals surface area contributed by atoms with Crippen LogP contribution in [0.3, 0.4) is 0 Å². The third-order valence-electron chi connectivity index (χ3n) is 6.56. The second-order valence-electron chi connectivity index (χ2n) is 9.41. The number of aldehydes is 1. The molecule has 0 radical (unpaired) electrons. The van der Waals surface area contributed by atoms with Gasteiger partial charge in [0.2, 0.25) is 0 Å². The summed E-state index contributed by atoms with van der Waals surface area (Å²) in [7, 11) is 2.13. The van der Waals surface area contributed by atoms with Crippen molar-refractivity contribution in [1.29, 1.82) is 0 Å². The summed E-state index contributed by atoms with van der Waals surface area (Å²) in [4.78, 5) is 25.4. The van der Waals surface area contributed by atoms with Crippen LogP contribution in [0, 0.1) is 5.92 Å². The summed E-state index contributed by atoms with van der Waals surface area (Å²) in [5, 5.41) is 0. The quantitative estimate of drug-likeness (QED) is 0.132. The number of hydrogen-bond donors (Lipinski definition) is 0. The topological polar surface area (TPSA) is 46.6 Å². The lowest BCUT2D eigenvalue weighted by molar-refractivity contribution is -0.156. The van der Waals surface area contributed by atoms with Crippen molar-refractivity contribution < 1.29 is 14.3 Å². The summed E-state index contributed by atoms with van der Waals surface area (Å²) in [5.41, 5.74) is 0. The van der Waals surface area contributed by atoms with Crippen LogP contribution in [0.5, 0.6) is 0 Å². The first-order chi connectivity index (χ1) is 14.7. The van der Waals surface area contributed by atoms with Gasteiger partial charge in [0.25, 0.3) is 0 Å². The van der Waals surface area contributed by atoms with Gasteiger partial charge < -0.3 is 14.4 Å². The van der Waals surface area contributed by atoms with E-state index < -0.39 is 0 Å². The number of nitrogens with zero attached hydrogens (tertiary/aromatic N) is 1. The molecular weight excluding hydrogens is 374 g/mol. The van der Waals surface area contributed by atoms with Crippen molar-refractivity contribution in [3.63, 3.8) is 0 Å². The maximum absolute atomic E-state index is 12.7. The highest BCUT2D eigenvalue weighted by atomic mass is 16.5. The Labute approximate surface area is 186 Å². The van der Waals surface area contributed by atoms with E-state index in [2.05, 4.69) is 18.9 Å². The molecule has 1 rings (SSSR count). The van der Waals surface area contributed by atoms with Crippen LogP contribution in [0.15, 0.2) is 0 Å². The Morgan fingerprint density at radius 1 is 0.867 bits per heavy atom. The summed E-state index contributed by atoms with van der Waals surface area (Å²) < 4.78 is 6.03. The molecule has 1 fully saturated rings. The van der Waals surface area contributed by atoms with Gasteiger partial charge in [0, 0.05) is 6.42 Å². The lowest BCUT2D eigenvalue weighted by Gasteiger charge is -2.29. The minimum atomic E-state index is 0.0601. The summed E-state index contributed by atoms with van der Waals surface area (Å²) >= 11 is 0. The van der Waals surface area contributed by atoms with Crippen LogP contribution in [-0.4, -0.2) is 43.4 Å². The summed E-state index contributed by atoms with van der Waals surface area (Å²) in [6.07, 6.45) is 21.9. The predicted molar refractivity (Wildman–Crippen MR) is 126 cm³/mol. The van der Waals surface area contributed by atoms with Crippen molar-refractivity contribution in [3.05, 3.63) is 0 Å². The minimum Gasteiger partial charge on any atom is -0.462 e. The fraction of sp³-hybridized carbons (Fsp3) is 0.923. The Hall–Kier alpha value is -0.900. The highest BCUT2D eigenvalue weighted by Crippen LogP contribution is 2.22. The summed E-state index contributed by atoms with van der Waals surface area (Å²) in [6.45, 7) is 4.27. The van der Waals surface area contributed by atoms with E-state index >= 15 is 0 Å². The number of rotatable bonds is 19. The van der Waals surface area contributed by atoms with E-state index in [0.717, 1.165) is 64.3 Å². The minimum absolute atomic E-state index is 0.0601. The molecule has 0 aliphatic carbocycles. The van der Waals surface area contributed by atoms with Gasteiger partial charge in [-0.2, -0.15) is 0 Å². The molecule has 1 heterocycles. The number of esters is 1. The zero-order chi connectivity index (χ0) is 21.9. The van der Waals surface area contributed by atoms with Crippen molar-refractivity contribution in [3.8, 4) is 0 Å². The van der Waals surface area contributed by atoms with Crippen LogP contribution in [0.1, 0.15) is 122 Å². The van der Waals surface area contributed by atoms with Crippen molar-refractivity contribution in [2.24, 2.45) is 5.92 Å². The average molecular weight is 424 g/mol. The van der Waals surface area contributed by atoms with Gasteiger partial charge in [-0.25, -0.2) is 0 Å². The number of ether oxygens (including phenoxy) is 1. The van der Waals surface area contributed by atoms with Gasteiger partial charge >= 0.3 is 5.97 Å². The molecule has 0 amide bonds. The lowest BCUT2D eigenvalue weighted by Crippen LogP contribution is -2.35. The zero-order valence-corrected chi connectivity index (χ0v) is 20.0. The predicted octanol–water partition coefficient (Wildman–Crippen LogP) is 6.70. The first-order valence-corrected chi connectivity index (χ1v) is 13.0. The van der Waals surface area contributed by atoms with Gasteiger partial charge in [-0.05, 0) is 65.1 Å². The highest BCUT2D eigenvalue weighted by molar-refractivity contribution is 5.72. The Bertz CT molecular complexity index is 419. The standard InChI is InChI=1S/C26H49NO3/c1-3-4-5-6-8-11-14-17-25(18-15-12-9-7-10-13-16-23-28)30-26(29)24-19-21-27(2)22-20-24/h23-25H,3-22H2,1-2H3. The molecule has 1 aliphatic heterocycles. The van der Waals surface area contributed by atoms with E-state index in [0.29, 0.717) is 6.42 Å². The molecule has 0 N–H and O–H groups in total. The molecule has 0 aromatic carbocycles. The summed E-state index contributed by atoms with van der Waals surface area (Å²) in [6, 6.07) is 0. The molecule has 4 nitrogen and oxygen atoms in total. The second-order valence-corrected chi connectivity index (χ2v) is 9.41. The molecule has 0 bridgehead atoms. The van der Waals surface area contributed by atoms with Crippen molar-refractivity contribution in [2.75, 3.05) is 20.1 Å². The van der Waals surface area contributed by atoms with Crippen LogP contribution in [-0.2, 0) is 14.3 Å². The van der Waals surface area contributed by atoms with Crippen molar-refractivity contribution in [2.45, 2.75) is 129 Å². The van der Waals surface area contributed by atoms with E-state index in [1.807, 2.05) is 0 Å². The molecule has 0 aromatic heterocycles. The molecule has 30 heavy (non-hydrogen) atoms. The SMILES string of the molecule is CCCCCCCCCC(CCCCCCCCC=O)OC(=O)C1CCN(C)CC1. The van der Waals surface area contributed by atoms with Crippen LogP contribution in [0.4, 0.5) is 0 Å². The summed E-state index contributed by atoms with van der Waals surface area (Å²) in [5.74, 6) is 0.167. The molecule has 1 unspecified atom stereocenters. The maximum Gasteiger partial charge on any atom is 0.309 e. The first kappa shape index (κ1) is 27.1. The van der Waals surface area contributed by atoms with Gasteiger partial charge in [0.05, 0.1) is 5.92 Å². The van der Waals surface area contributed by atoms with E-state index in [1.54, 1.807) is 0 Å². The van der Waals surface area contributed by atoms with Crippen molar-refractivity contribution >= 4 is 12.3 Å². The molecule has 1 saturated heterocycles. The Balaban J connectivity index is 2.27. The number of hydrogen-bond acceptors (Lipinski definition) is 4. The van der Waals surface area contributed by atoms with Gasteiger partial charge in [-0.15, -0.1) is 0 Å². The largest absolute Gasteiger partial charge is 0.462 e. The first-order valence-electron chi connectivity index (χ1n) is 13.0. The molecule has 1 atom stereocenters. The third-order valence-corrected chi connectivity index (χ3v) is 6.56. The third kappa shape index (κ3) is 14.2. The molecular formula is C26H49NO3. The van der Waals surface area contributed by atoms with Crippen LogP contribution in [0.25, 0.3) is 0 Å². The van der Waals surface area contributed by atoms with Gasteiger partial charge in [0.15, 0.2) is 0 Å². The second kappa shape index (κ2) is 18.8. The number of carbonyl (C=O) groups is 2. The Kier molecular flexibility index (Phi) is 17.0. The molecule has 0 aromatic rings. The number of piperidine rings is 1. The average Bonchev–Trinajstić information content (AvgIpc) is 2.75. The molecule has 1 aliphatic rings. The molecule has 0 saturated carbocycles. The Morgan fingerprint density at radius 2 is 1.37 bits per heavy atom. The van der Waals surface area contributed by atoms with E-state index in [9.17, 15) is 9.59 Å². The fourth-order valence-electron chi connectivity index (χ4n) is 4.40. The maximum atomic E-state index is 12.7. The molecule has 176 valence electrons. The number of unbranched alkanes of at least 4 members (excludes halogenated alkanes) is 12. The van der Waals surface area contributed by atoms with Crippen LogP contribution >= 0.6 is 0 Å². The highest BCUT2D eigenvalue weighted by Gasteiger charge is 2.26. The molecule has 4 heteroatoms. The lowest BCUT2D eigenvalue weighted by atomic mass is 9.97. The Morgan fingerprint density at radius 3 is 1.90 bits per heavy atom. The number of carbonyl (C=O) groups excluding carboxylic acids is 2. The van der Waals surface area contributed by atoms with Crippen LogP contribution in [0.2, 0.25) is 0 Å². The van der Waals surface area contributed by atoms with E-state index in [4.69, 9.17) is 4.74 Å². The van der Waals surface area contributed by atoms with Gasteiger partial charge in [-0.3, -0.25) is 4.79 Å².